The minimum Gasteiger partial charge on any atom is -0.384 e. The van der Waals surface area contributed by atoms with Crippen LogP contribution in [0.3, 0.4) is 0 Å². The highest BCUT2D eigenvalue weighted by molar-refractivity contribution is 9.10. The van der Waals surface area contributed by atoms with E-state index in [1.165, 1.54) is 18.4 Å². The number of nitrogens with zero attached hydrogens (tertiary/aromatic N) is 2. The van der Waals surface area contributed by atoms with Crippen molar-refractivity contribution in [2.45, 2.75) is 25.7 Å². The van der Waals surface area contributed by atoms with Crippen LogP contribution in [0.15, 0.2) is 28.7 Å². The summed E-state index contributed by atoms with van der Waals surface area (Å²) in [6, 6.07) is 7.87. The van der Waals surface area contributed by atoms with Gasteiger partial charge in [0.25, 0.3) is 0 Å². The predicted molar refractivity (Wildman–Crippen MR) is 80.6 cm³/mol. The first-order chi connectivity index (χ1) is 9.11. The molecule has 0 spiro atoms. The van der Waals surface area contributed by atoms with Crippen LogP contribution >= 0.6 is 15.9 Å². The molecule has 19 heavy (non-hydrogen) atoms. The monoisotopic (exact) mass is 318 g/mol. The maximum absolute atomic E-state index is 5.83. The zero-order valence-corrected chi connectivity index (χ0v) is 12.2. The van der Waals surface area contributed by atoms with Gasteiger partial charge in [0, 0.05) is 22.1 Å². The van der Waals surface area contributed by atoms with Crippen molar-refractivity contribution >= 4 is 33.3 Å². The summed E-state index contributed by atoms with van der Waals surface area (Å²) in [5, 5.41) is 3.27. The zero-order chi connectivity index (χ0) is 13.4. The maximum atomic E-state index is 5.83. The molecule has 0 radical (unpaired) electrons. The van der Waals surface area contributed by atoms with Crippen LogP contribution in [0.5, 0.6) is 0 Å². The highest BCUT2D eigenvalue weighted by Crippen LogP contribution is 2.38. The van der Waals surface area contributed by atoms with Gasteiger partial charge in [-0.3, -0.25) is 0 Å². The summed E-state index contributed by atoms with van der Waals surface area (Å²) in [6.07, 6.45) is 2.33. The first kappa shape index (κ1) is 12.4. The molecule has 4 nitrogen and oxygen atoms in total. The van der Waals surface area contributed by atoms with Crippen LogP contribution in [0.1, 0.15) is 30.1 Å². The minimum absolute atomic E-state index is 0.494. The Kier molecular flexibility index (Phi) is 3.14. The SMILES string of the molecule is Cc1ccc(Nc2cc(N)nc(C3CC3)n2)cc1Br. The fraction of sp³-hybridized carbons (Fsp3) is 0.286. The Labute approximate surface area is 120 Å². The summed E-state index contributed by atoms with van der Waals surface area (Å²) in [5.74, 6) is 2.62. The normalized spacial score (nSPS) is 14.4. The van der Waals surface area contributed by atoms with Crippen molar-refractivity contribution < 1.29 is 0 Å². The van der Waals surface area contributed by atoms with Crippen LogP contribution in [0.4, 0.5) is 17.3 Å². The number of aryl methyl sites for hydroxylation is 1. The van der Waals surface area contributed by atoms with Gasteiger partial charge < -0.3 is 11.1 Å². The number of hydrogen-bond acceptors (Lipinski definition) is 4. The number of rotatable bonds is 3. The quantitative estimate of drug-likeness (QED) is 0.904. The number of nitrogens with two attached hydrogens (primary N) is 1. The molecule has 3 rings (SSSR count). The van der Waals surface area contributed by atoms with Crippen molar-refractivity contribution in [3.05, 3.63) is 40.1 Å². The Morgan fingerprint density at radius 3 is 2.74 bits per heavy atom. The second-order valence-electron chi connectivity index (χ2n) is 4.90. The average molecular weight is 319 g/mol. The summed E-state index contributed by atoms with van der Waals surface area (Å²) in [4.78, 5) is 8.81. The van der Waals surface area contributed by atoms with E-state index in [-0.39, 0.29) is 0 Å². The Balaban J connectivity index is 1.87. The second kappa shape index (κ2) is 4.81. The first-order valence-electron chi connectivity index (χ1n) is 6.29. The van der Waals surface area contributed by atoms with Crippen LogP contribution in [-0.2, 0) is 0 Å². The van der Waals surface area contributed by atoms with Gasteiger partial charge in [-0.2, -0.15) is 0 Å². The molecule has 0 aliphatic heterocycles. The van der Waals surface area contributed by atoms with Crippen molar-refractivity contribution in [2.75, 3.05) is 11.1 Å². The maximum Gasteiger partial charge on any atom is 0.136 e. The third-order valence-corrected chi connectivity index (χ3v) is 4.00. The largest absolute Gasteiger partial charge is 0.384 e. The number of halogens is 1. The molecule has 1 aliphatic rings. The summed E-state index contributed by atoms with van der Waals surface area (Å²) in [6.45, 7) is 2.06. The van der Waals surface area contributed by atoms with Gasteiger partial charge in [-0.15, -0.1) is 0 Å². The number of aromatic nitrogens is 2. The lowest BCUT2D eigenvalue weighted by Gasteiger charge is -2.09. The standard InChI is InChI=1S/C14H15BrN4/c1-8-2-5-10(6-11(8)15)17-13-7-12(16)18-14(19-13)9-3-4-9/h2,5-7,9H,3-4H2,1H3,(H3,16,17,18,19). The Bertz CT molecular complexity index is 623. The predicted octanol–water partition coefficient (Wildman–Crippen LogP) is 3.75. The molecule has 1 fully saturated rings. The third-order valence-electron chi connectivity index (χ3n) is 3.15. The molecular formula is C14H15BrN4. The average Bonchev–Trinajstić information content (AvgIpc) is 3.17. The van der Waals surface area contributed by atoms with Crippen molar-refractivity contribution in [2.24, 2.45) is 0 Å². The van der Waals surface area contributed by atoms with Crippen LogP contribution in [0.25, 0.3) is 0 Å². The van der Waals surface area contributed by atoms with Crippen molar-refractivity contribution in [1.29, 1.82) is 0 Å². The Hall–Kier alpha value is -1.62. The summed E-state index contributed by atoms with van der Waals surface area (Å²) in [7, 11) is 0. The lowest BCUT2D eigenvalue weighted by atomic mass is 10.2. The van der Waals surface area contributed by atoms with Gasteiger partial charge in [-0.05, 0) is 37.5 Å². The number of nitrogens with one attached hydrogen (secondary N) is 1. The lowest BCUT2D eigenvalue weighted by Crippen LogP contribution is -2.02. The van der Waals surface area contributed by atoms with Crippen LogP contribution < -0.4 is 11.1 Å². The molecule has 2 aromatic rings. The van der Waals surface area contributed by atoms with E-state index in [4.69, 9.17) is 5.73 Å². The Morgan fingerprint density at radius 2 is 2.05 bits per heavy atom. The molecule has 1 aliphatic carbocycles. The molecule has 1 saturated carbocycles. The van der Waals surface area contributed by atoms with Crippen LogP contribution in [0, 0.1) is 6.92 Å². The molecule has 0 bridgehead atoms. The van der Waals surface area contributed by atoms with E-state index in [1.54, 1.807) is 6.07 Å². The molecule has 1 aromatic heterocycles. The van der Waals surface area contributed by atoms with E-state index in [0.717, 1.165) is 21.8 Å². The van der Waals surface area contributed by atoms with Gasteiger partial charge in [-0.1, -0.05) is 22.0 Å². The topological polar surface area (TPSA) is 63.8 Å². The van der Waals surface area contributed by atoms with Crippen molar-refractivity contribution in [3.63, 3.8) is 0 Å². The summed E-state index contributed by atoms with van der Waals surface area (Å²) >= 11 is 3.52. The molecular weight excluding hydrogens is 304 g/mol. The number of hydrogen-bond donors (Lipinski definition) is 2. The fourth-order valence-corrected chi connectivity index (χ4v) is 2.27. The molecule has 1 aromatic carbocycles. The molecule has 0 saturated heterocycles. The van der Waals surface area contributed by atoms with Gasteiger partial charge in [0.05, 0.1) is 0 Å². The van der Waals surface area contributed by atoms with E-state index in [2.05, 4.69) is 44.2 Å². The molecule has 0 atom stereocenters. The van der Waals surface area contributed by atoms with Gasteiger partial charge in [-0.25, -0.2) is 9.97 Å². The number of nitrogen functional groups attached to an aromatic ring is 1. The lowest BCUT2D eigenvalue weighted by molar-refractivity contribution is 0.936. The highest BCUT2D eigenvalue weighted by Gasteiger charge is 2.27. The van der Waals surface area contributed by atoms with Gasteiger partial charge in [0.1, 0.15) is 17.5 Å². The van der Waals surface area contributed by atoms with Gasteiger partial charge in [0.15, 0.2) is 0 Å². The minimum atomic E-state index is 0.494. The summed E-state index contributed by atoms with van der Waals surface area (Å²) in [5.41, 5.74) is 8.02. The summed E-state index contributed by atoms with van der Waals surface area (Å²) < 4.78 is 1.07. The number of benzene rings is 1. The molecule has 5 heteroatoms. The van der Waals surface area contributed by atoms with Crippen LogP contribution in [-0.4, -0.2) is 9.97 Å². The molecule has 0 unspecified atom stereocenters. The van der Waals surface area contributed by atoms with E-state index >= 15 is 0 Å². The Morgan fingerprint density at radius 1 is 1.26 bits per heavy atom. The smallest absolute Gasteiger partial charge is 0.136 e. The second-order valence-corrected chi connectivity index (χ2v) is 5.75. The van der Waals surface area contributed by atoms with E-state index in [9.17, 15) is 0 Å². The fourth-order valence-electron chi connectivity index (χ4n) is 1.89. The van der Waals surface area contributed by atoms with Crippen LogP contribution in [0.2, 0.25) is 0 Å². The van der Waals surface area contributed by atoms with E-state index in [0.29, 0.717) is 11.7 Å². The van der Waals surface area contributed by atoms with Gasteiger partial charge >= 0.3 is 0 Å². The molecule has 98 valence electrons. The highest BCUT2D eigenvalue weighted by atomic mass is 79.9. The van der Waals surface area contributed by atoms with E-state index in [1.807, 2.05) is 12.1 Å². The van der Waals surface area contributed by atoms with E-state index < -0.39 is 0 Å². The third kappa shape index (κ3) is 2.87. The molecule has 0 amide bonds. The molecule has 3 N–H and O–H groups in total. The van der Waals surface area contributed by atoms with Gasteiger partial charge in [0.2, 0.25) is 0 Å². The zero-order valence-electron chi connectivity index (χ0n) is 10.7. The van der Waals surface area contributed by atoms with Crippen molar-refractivity contribution in [1.82, 2.24) is 9.97 Å². The molecule has 1 heterocycles. The van der Waals surface area contributed by atoms with Crippen molar-refractivity contribution in [3.8, 4) is 0 Å². The number of anilines is 3. The first-order valence-corrected chi connectivity index (χ1v) is 7.09.